The van der Waals surface area contributed by atoms with E-state index in [1.807, 2.05) is 91.0 Å². The van der Waals surface area contributed by atoms with Gasteiger partial charge in [0.25, 0.3) is 5.91 Å². The van der Waals surface area contributed by atoms with Crippen molar-refractivity contribution in [1.82, 2.24) is 0 Å². The summed E-state index contributed by atoms with van der Waals surface area (Å²) in [6.07, 6.45) is 0. The SMILES string of the molecule is O=C(Nc1oc2ccccc2c1C(=O)c1ccc2ccccc2c1)c1ccc2ccccc2c1. The molecule has 0 bridgehead atoms. The fourth-order valence-electron chi connectivity index (χ4n) is 4.34. The highest BCUT2D eigenvalue weighted by Crippen LogP contribution is 2.33. The van der Waals surface area contributed by atoms with Crippen LogP contribution < -0.4 is 5.32 Å². The molecule has 1 N–H and O–H groups in total. The third-order valence-electron chi connectivity index (χ3n) is 6.07. The average molecular weight is 441 g/mol. The molecule has 1 amide bonds. The first-order chi connectivity index (χ1) is 16.7. The zero-order chi connectivity index (χ0) is 23.1. The molecule has 1 aromatic heterocycles. The van der Waals surface area contributed by atoms with Crippen LogP contribution in [0.4, 0.5) is 5.88 Å². The molecule has 0 radical (unpaired) electrons. The Morgan fingerprint density at radius 1 is 0.588 bits per heavy atom. The lowest BCUT2D eigenvalue weighted by atomic mass is 9.99. The Kier molecular flexibility index (Phi) is 4.70. The highest BCUT2D eigenvalue weighted by molar-refractivity contribution is 6.21. The lowest BCUT2D eigenvalue weighted by molar-refractivity contribution is 0.102. The van der Waals surface area contributed by atoms with Crippen LogP contribution in [0.5, 0.6) is 0 Å². The second-order valence-corrected chi connectivity index (χ2v) is 8.21. The zero-order valence-electron chi connectivity index (χ0n) is 18.1. The number of hydrogen-bond donors (Lipinski definition) is 1. The maximum absolute atomic E-state index is 13.7. The lowest BCUT2D eigenvalue weighted by Gasteiger charge is -2.07. The van der Waals surface area contributed by atoms with Crippen LogP contribution in [-0.2, 0) is 0 Å². The minimum absolute atomic E-state index is 0.150. The number of para-hydroxylation sites is 1. The molecule has 34 heavy (non-hydrogen) atoms. The van der Waals surface area contributed by atoms with E-state index in [1.165, 1.54) is 0 Å². The van der Waals surface area contributed by atoms with Crippen molar-refractivity contribution in [3.8, 4) is 0 Å². The number of benzene rings is 5. The third kappa shape index (κ3) is 3.42. The highest BCUT2D eigenvalue weighted by atomic mass is 16.4. The van der Waals surface area contributed by atoms with Gasteiger partial charge < -0.3 is 4.42 Å². The van der Waals surface area contributed by atoms with Gasteiger partial charge in [-0.05, 0) is 45.8 Å². The van der Waals surface area contributed by atoms with Gasteiger partial charge in [-0.2, -0.15) is 0 Å². The van der Waals surface area contributed by atoms with Crippen molar-refractivity contribution < 1.29 is 14.0 Å². The number of rotatable bonds is 4. The second-order valence-electron chi connectivity index (χ2n) is 8.21. The number of hydrogen-bond acceptors (Lipinski definition) is 3. The van der Waals surface area contributed by atoms with Gasteiger partial charge in [0, 0.05) is 16.5 Å². The van der Waals surface area contributed by atoms with E-state index in [-0.39, 0.29) is 17.6 Å². The van der Waals surface area contributed by atoms with E-state index >= 15 is 0 Å². The molecule has 0 fully saturated rings. The summed E-state index contributed by atoms with van der Waals surface area (Å²) in [4.78, 5) is 26.8. The molecule has 162 valence electrons. The molecule has 1 heterocycles. The molecule has 0 unspecified atom stereocenters. The van der Waals surface area contributed by atoms with Crippen molar-refractivity contribution in [2.45, 2.75) is 0 Å². The molecule has 0 saturated heterocycles. The summed E-state index contributed by atoms with van der Waals surface area (Å²) >= 11 is 0. The van der Waals surface area contributed by atoms with Gasteiger partial charge in [-0.25, -0.2) is 0 Å². The molecule has 6 aromatic rings. The maximum Gasteiger partial charge on any atom is 0.258 e. The van der Waals surface area contributed by atoms with Crippen molar-refractivity contribution in [3.05, 3.63) is 126 Å². The van der Waals surface area contributed by atoms with E-state index in [4.69, 9.17) is 4.42 Å². The molecule has 0 aliphatic carbocycles. The fourth-order valence-corrected chi connectivity index (χ4v) is 4.34. The van der Waals surface area contributed by atoms with Crippen LogP contribution in [0.25, 0.3) is 32.5 Å². The number of ketones is 1. The minimum Gasteiger partial charge on any atom is -0.439 e. The normalized spacial score (nSPS) is 11.2. The van der Waals surface area contributed by atoms with Gasteiger partial charge in [0.05, 0.1) is 5.56 Å². The predicted molar refractivity (Wildman–Crippen MR) is 135 cm³/mol. The topological polar surface area (TPSA) is 59.3 Å². The summed E-state index contributed by atoms with van der Waals surface area (Å²) in [5.41, 5.74) is 1.91. The molecule has 6 rings (SSSR count). The Morgan fingerprint density at radius 3 is 1.85 bits per heavy atom. The minimum atomic E-state index is -0.336. The first-order valence-electron chi connectivity index (χ1n) is 11.0. The fraction of sp³-hybridized carbons (Fsp3) is 0. The van der Waals surface area contributed by atoms with Crippen molar-refractivity contribution in [3.63, 3.8) is 0 Å². The van der Waals surface area contributed by atoms with Crippen LogP contribution in [0.15, 0.2) is 114 Å². The highest BCUT2D eigenvalue weighted by Gasteiger charge is 2.24. The van der Waals surface area contributed by atoms with Crippen molar-refractivity contribution in [2.24, 2.45) is 0 Å². The molecular weight excluding hydrogens is 422 g/mol. The summed E-state index contributed by atoms with van der Waals surface area (Å²) in [6, 6.07) is 34.2. The van der Waals surface area contributed by atoms with E-state index < -0.39 is 0 Å². The Labute approximate surface area is 195 Å². The van der Waals surface area contributed by atoms with E-state index in [0.717, 1.165) is 21.5 Å². The van der Waals surface area contributed by atoms with Gasteiger partial charge in [-0.15, -0.1) is 0 Å². The molecular formula is C30H19NO3. The smallest absolute Gasteiger partial charge is 0.258 e. The first kappa shape index (κ1) is 19.9. The summed E-state index contributed by atoms with van der Waals surface area (Å²) in [6.45, 7) is 0. The van der Waals surface area contributed by atoms with Crippen LogP contribution in [-0.4, -0.2) is 11.7 Å². The molecule has 4 nitrogen and oxygen atoms in total. The van der Waals surface area contributed by atoms with Crippen molar-refractivity contribution in [1.29, 1.82) is 0 Å². The summed E-state index contributed by atoms with van der Waals surface area (Å²) in [7, 11) is 0. The number of carbonyl (C=O) groups excluding carboxylic acids is 2. The number of furan rings is 1. The standard InChI is InChI=1S/C30H19NO3/c32-28(23-15-13-19-7-1-3-9-21(19)17-23)27-25-11-5-6-12-26(25)34-30(27)31-29(33)24-16-14-20-8-2-4-10-22(20)18-24/h1-18H,(H,31,33). The van der Waals surface area contributed by atoms with Crippen LogP contribution in [0.3, 0.4) is 0 Å². The van der Waals surface area contributed by atoms with Crippen LogP contribution >= 0.6 is 0 Å². The summed E-state index contributed by atoms with van der Waals surface area (Å²) in [5.74, 6) is -0.389. The van der Waals surface area contributed by atoms with Gasteiger partial charge in [0.1, 0.15) is 5.58 Å². The number of carbonyl (C=O) groups is 2. The molecule has 0 saturated carbocycles. The van der Waals surface area contributed by atoms with Gasteiger partial charge in [0.15, 0.2) is 5.78 Å². The molecule has 0 spiro atoms. The van der Waals surface area contributed by atoms with E-state index in [2.05, 4.69) is 5.32 Å². The number of anilines is 1. The number of fused-ring (bicyclic) bond motifs is 3. The predicted octanol–water partition coefficient (Wildman–Crippen LogP) is 7.22. The zero-order valence-corrected chi connectivity index (χ0v) is 18.1. The molecule has 0 aliphatic heterocycles. The van der Waals surface area contributed by atoms with Gasteiger partial charge in [-0.1, -0.05) is 84.9 Å². The molecule has 0 aliphatic rings. The summed E-state index contributed by atoms with van der Waals surface area (Å²) in [5, 5.41) is 7.55. The average Bonchev–Trinajstić information content (AvgIpc) is 3.25. The molecule has 4 heteroatoms. The van der Waals surface area contributed by atoms with E-state index in [9.17, 15) is 9.59 Å². The quantitative estimate of drug-likeness (QED) is 0.294. The third-order valence-corrected chi connectivity index (χ3v) is 6.07. The van der Waals surface area contributed by atoms with Gasteiger partial charge in [-0.3, -0.25) is 14.9 Å². The Balaban J connectivity index is 1.42. The summed E-state index contributed by atoms with van der Waals surface area (Å²) < 4.78 is 5.96. The van der Waals surface area contributed by atoms with Crippen molar-refractivity contribution >= 4 is 50.1 Å². The Hall–Kier alpha value is -4.70. The molecule has 5 aromatic carbocycles. The Bertz CT molecular complexity index is 1730. The lowest BCUT2D eigenvalue weighted by Crippen LogP contribution is -2.14. The molecule has 0 atom stereocenters. The van der Waals surface area contributed by atoms with E-state index in [1.54, 1.807) is 18.2 Å². The first-order valence-corrected chi connectivity index (χ1v) is 11.0. The van der Waals surface area contributed by atoms with Gasteiger partial charge in [0.2, 0.25) is 5.88 Å². The van der Waals surface area contributed by atoms with Crippen LogP contribution in [0, 0.1) is 0 Å². The van der Waals surface area contributed by atoms with Crippen LogP contribution in [0.2, 0.25) is 0 Å². The monoisotopic (exact) mass is 441 g/mol. The van der Waals surface area contributed by atoms with Crippen molar-refractivity contribution in [2.75, 3.05) is 5.32 Å². The van der Waals surface area contributed by atoms with Crippen LogP contribution in [0.1, 0.15) is 26.3 Å². The van der Waals surface area contributed by atoms with E-state index in [0.29, 0.717) is 27.7 Å². The Morgan fingerprint density at radius 2 is 1.15 bits per heavy atom. The second kappa shape index (κ2) is 8.01. The number of nitrogens with one attached hydrogen (secondary N) is 1. The number of amides is 1. The van der Waals surface area contributed by atoms with Gasteiger partial charge >= 0.3 is 0 Å². The maximum atomic E-state index is 13.7. The largest absolute Gasteiger partial charge is 0.439 e.